The van der Waals surface area contributed by atoms with Crippen LogP contribution in [0.4, 0.5) is 10.1 Å². The molecular weight excluding hydrogens is 491 g/mol. The van der Waals surface area contributed by atoms with Gasteiger partial charge < -0.3 is 4.90 Å². The van der Waals surface area contributed by atoms with Crippen molar-refractivity contribution in [2.24, 2.45) is 17.0 Å². The fourth-order valence-corrected chi connectivity index (χ4v) is 6.09. The number of amides is 1. The Balaban J connectivity index is 1.62. The third-order valence-electron chi connectivity index (χ3n) is 6.50. The second-order valence-corrected chi connectivity index (χ2v) is 10.8. The Labute approximate surface area is 207 Å². The quantitative estimate of drug-likeness (QED) is 0.427. The molecule has 5 rings (SSSR count). The third kappa shape index (κ3) is 4.31. The molecule has 35 heavy (non-hydrogen) atoms. The summed E-state index contributed by atoms with van der Waals surface area (Å²) in [5.41, 5.74) is 2.72. The number of hydrogen-bond donors (Lipinski definition) is 1. The monoisotopic (exact) mass is 512 g/mol. The number of rotatable bonds is 5. The van der Waals surface area contributed by atoms with Gasteiger partial charge in [-0.05, 0) is 54.1 Å². The molecule has 2 N–H and O–H groups in total. The number of sulfonamides is 1. The molecule has 0 aliphatic carbocycles. The van der Waals surface area contributed by atoms with Crippen LogP contribution in [0.1, 0.15) is 18.5 Å². The molecule has 0 unspecified atom stereocenters. The van der Waals surface area contributed by atoms with Gasteiger partial charge in [0.25, 0.3) is 0 Å². The van der Waals surface area contributed by atoms with E-state index in [-0.39, 0.29) is 17.5 Å². The van der Waals surface area contributed by atoms with Crippen LogP contribution in [-0.2, 0) is 14.8 Å². The molecule has 4 aromatic rings. The smallest absolute Gasteiger partial charge is 0.230 e. The normalized spacial score (nSPS) is 20.6. The Bertz CT molecular complexity index is 1540. The van der Waals surface area contributed by atoms with Crippen molar-refractivity contribution in [2.75, 3.05) is 10.7 Å². The summed E-state index contributed by atoms with van der Waals surface area (Å²) >= 11 is 6.51. The van der Waals surface area contributed by atoms with Crippen LogP contribution in [0.15, 0.2) is 72.9 Å². The van der Waals surface area contributed by atoms with Crippen LogP contribution in [0.25, 0.3) is 16.6 Å². The van der Waals surface area contributed by atoms with Gasteiger partial charge in [-0.2, -0.15) is 5.10 Å². The maximum atomic E-state index is 13.5. The van der Waals surface area contributed by atoms with E-state index < -0.39 is 27.9 Å². The number of primary sulfonamides is 1. The topological polar surface area (TPSA) is 98.3 Å². The van der Waals surface area contributed by atoms with Gasteiger partial charge in [0.1, 0.15) is 5.82 Å². The van der Waals surface area contributed by atoms with Crippen LogP contribution in [0.5, 0.6) is 0 Å². The lowest BCUT2D eigenvalue weighted by Crippen LogP contribution is -2.31. The molecule has 1 aromatic heterocycles. The molecular formula is C25H22ClFN4O3S. The van der Waals surface area contributed by atoms with Crippen LogP contribution >= 0.6 is 11.6 Å². The van der Waals surface area contributed by atoms with Crippen molar-refractivity contribution in [3.05, 3.63) is 89.3 Å². The predicted molar refractivity (Wildman–Crippen MR) is 133 cm³/mol. The van der Waals surface area contributed by atoms with Gasteiger partial charge >= 0.3 is 0 Å². The van der Waals surface area contributed by atoms with E-state index in [1.165, 1.54) is 12.1 Å². The number of fused-ring (bicyclic) bond motifs is 1. The van der Waals surface area contributed by atoms with Crippen molar-refractivity contribution in [1.29, 1.82) is 0 Å². The number of aromatic nitrogens is 2. The molecule has 1 fully saturated rings. The lowest BCUT2D eigenvalue weighted by Gasteiger charge is -2.29. The second kappa shape index (κ2) is 8.75. The van der Waals surface area contributed by atoms with Crippen molar-refractivity contribution in [1.82, 2.24) is 9.78 Å². The van der Waals surface area contributed by atoms with Gasteiger partial charge in [-0.1, -0.05) is 36.7 Å². The summed E-state index contributed by atoms with van der Waals surface area (Å²) < 4.78 is 39.2. The van der Waals surface area contributed by atoms with Crippen molar-refractivity contribution >= 4 is 44.1 Å². The maximum Gasteiger partial charge on any atom is 0.230 e. The Morgan fingerprint density at radius 1 is 1.06 bits per heavy atom. The minimum atomic E-state index is -3.85. The Hall–Kier alpha value is -3.27. The van der Waals surface area contributed by atoms with E-state index in [2.05, 4.69) is 5.10 Å². The first-order valence-corrected chi connectivity index (χ1v) is 13.0. The van der Waals surface area contributed by atoms with Crippen molar-refractivity contribution < 1.29 is 17.6 Å². The summed E-state index contributed by atoms with van der Waals surface area (Å²) in [5, 5.41) is 11.0. The Morgan fingerprint density at radius 3 is 2.43 bits per heavy atom. The Kier molecular flexibility index (Phi) is 5.86. The number of carbonyl (C=O) groups is 1. The summed E-state index contributed by atoms with van der Waals surface area (Å²) in [4.78, 5) is 15.1. The van der Waals surface area contributed by atoms with E-state index in [9.17, 15) is 17.6 Å². The fraction of sp³-hybridized carbons (Fsp3) is 0.200. The van der Waals surface area contributed by atoms with Gasteiger partial charge in [0.05, 0.1) is 29.2 Å². The zero-order chi connectivity index (χ0) is 24.9. The molecule has 0 bridgehead atoms. The Morgan fingerprint density at radius 2 is 1.74 bits per heavy atom. The summed E-state index contributed by atoms with van der Waals surface area (Å²) in [6, 6.07) is 17.9. The molecule has 1 saturated heterocycles. The summed E-state index contributed by atoms with van der Waals surface area (Å²) in [5.74, 6) is -2.08. The number of hydrogen-bond acceptors (Lipinski definition) is 4. The molecule has 1 aliphatic rings. The first-order valence-electron chi connectivity index (χ1n) is 11.0. The number of carbonyl (C=O) groups excluding carboxylic acids is 1. The number of halogens is 2. The average molecular weight is 513 g/mol. The molecule has 10 heteroatoms. The zero-order valence-electron chi connectivity index (χ0n) is 18.7. The van der Waals surface area contributed by atoms with Crippen LogP contribution in [0.2, 0.25) is 5.02 Å². The van der Waals surface area contributed by atoms with Crippen LogP contribution in [0, 0.1) is 17.7 Å². The van der Waals surface area contributed by atoms with Gasteiger partial charge in [0.15, 0.2) is 0 Å². The van der Waals surface area contributed by atoms with Crippen LogP contribution < -0.4 is 10.0 Å². The number of nitrogens with zero attached hydrogens (tertiary/aromatic N) is 3. The number of benzene rings is 3. The van der Waals surface area contributed by atoms with E-state index in [0.717, 1.165) is 10.9 Å². The molecule has 0 spiro atoms. The standard InChI is InChI=1S/C25H22ClFN4O3S/c1-15-21(14-35(28,33)34)24(20-4-2-3-5-22(20)26)30(25(15)32)19-10-11-23-16(12-19)13-29-31(23)18-8-6-17(27)7-9-18/h2-13,15,21,24H,14H2,1H3,(H2,28,33,34)/t15-,21+,24+/m1/s1. The van der Waals surface area contributed by atoms with Crippen molar-refractivity contribution in [2.45, 2.75) is 13.0 Å². The molecule has 0 radical (unpaired) electrons. The van der Waals surface area contributed by atoms with Gasteiger partial charge in [-0.25, -0.2) is 22.6 Å². The van der Waals surface area contributed by atoms with E-state index in [1.807, 2.05) is 12.1 Å². The highest BCUT2D eigenvalue weighted by Gasteiger charge is 2.48. The molecule has 180 valence electrons. The van der Waals surface area contributed by atoms with Gasteiger partial charge in [0.2, 0.25) is 15.9 Å². The fourth-order valence-electron chi connectivity index (χ4n) is 4.84. The van der Waals surface area contributed by atoms with Crippen LogP contribution in [0.3, 0.4) is 0 Å². The molecule has 7 nitrogen and oxygen atoms in total. The summed E-state index contributed by atoms with van der Waals surface area (Å²) in [7, 11) is -3.85. The molecule has 1 aliphatic heterocycles. The molecule has 3 atom stereocenters. The van der Waals surface area contributed by atoms with E-state index in [1.54, 1.807) is 65.2 Å². The molecule has 0 saturated carbocycles. The largest absolute Gasteiger partial charge is 0.304 e. The predicted octanol–water partition coefficient (Wildman–Crippen LogP) is 4.45. The lowest BCUT2D eigenvalue weighted by molar-refractivity contribution is -0.120. The van der Waals surface area contributed by atoms with Crippen molar-refractivity contribution in [3.8, 4) is 5.69 Å². The van der Waals surface area contributed by atoms with E-state index in [4.69, 9.17) is 16.7 Å². The van der Waals surface area contributed by atoms with E-state index in [0.29, 0.717) is 22.0 Å². The highest BCUT2D eigenvalue weighted by atomic mass is 35.5. The van der Waals surface area contributed by atoms with Crippen molar-refractivity contribution in [3.63, 3.8) is 0 Å². The maximum absolute atomic E-state index is 13.5. The minimum Gasteiger partial charge on any atom is -0.304 e. The van der Waals surface area contributed by atoms with Gasteiger partial charge in [-0.15, -0.1) is 0 Å². The molecule has 1 amide bonds. The first-order chi connectivity index (χ1) is 16.6. The third-order valence-corrected chi connectivity index (χ3v) is 7.70. The van der Waals surface area contributed by atoms with Gasteiger partial charge in [-0.3, -0.25) is 4.79 Å². The zero-order valence-corrected chi connectivity index (χ0v) is 20.2. The van der Waals surface area contributed by atoms with E-state index >= 15 is 0 Å². The summed E-state index contributed by atoms with van der Waals surface area (Å²) in [6.07, 6.45) is 1.67. The number of nitrogens with two attached hydrogens (primary N) is 1. The molecule has 3 aromatic carbocycles. The lowest BCUT2D eigenvalue weighted by atomic mass is 9.89. The summed E-state index contributed by atoms with van der Waals surface area (Å²) in [6.45, 7) is 1.72. The van der Waals surface area contributed by atoms with Gasteiger partial charge in [0, 0.05) is 27.9 Å². The SMILES string of the molecule is C[C@H]1C(=O)N(c2ccc3c(cnn3-c3ccc(F)cc3)c2)[C@@H](c2ccccc2Cl)[C@H]1CS(N)(=O)=O. The highest BCUT2D eigenvalue weighted by Crippen LogP contribution is 2.47. The first kappa shape index (κ1) is 23.5. The number of anilines is 1. The minimum absolute atomic E-state index is 0.214. The highest BCUT2D eigenvalue weighted by molar-refractivity contribution is 7.89. The average Bonchev–Trinajstić information content (AvgIpc) is 3.33. The second-order valence-electron chi connectivity index (χ2n) is 8.73. The molecule has 2 heterocycles. The van der Waals surface area contributed by atoms with Crippen LogP contribution in [-0.4, -0.2) is 29.9 Å².